The van der Waals surface area contributed by atoms with Crippen LogP contribution in [-0.2, 0) is 17.6 Å². The quantitative estimate of drug-likeness (QED) is 0.346. The fraction of sp³-hybridized carbons (Fsp3) is 0.167. The minimum Gasteiger partial charge on any atom is -0.456 e. The van der Waals surface area contributed by atoms with E-state index in [1.54, 1.807) is 36.4 Å². The van der Waals surface area contributed by atoms with Crippen LogP contribution in [0.5, 0.6) is 11.5 Å². The second-order valence-electron chi connectivity index (χ2n) is 7.11. The number of halogens is 3. The molecule has 0 aliphatic carbocycles. The number of nitrogens with two attached hydrogens (primary N) is 1. The van der Waals surface area contributed by atoms with E-state index in [9.17, 15) is 18.4 Å². The molecule has 0 heterocycles. The normalized spacial score (nSPS) is 10.8. The van der Waals surface area contributed by atoms with Crippen LogP contribution < -0.4 is 10.5 Å². The molecule has 0 unspecified atom stereocenters. The SMILES string of the molecule is CSCC(=O)Cc1cccc(Oc2cc(F)cc(Cc3ccc(I)cc3F)c2C(N)=O)c1. The van der Waals surface area contributed by atoms with Gasteiger partial charge in [-0.2, -0.15) is 11.8 Å². The first-order chi connectivity index (χ1) is 15.3. The van der Waals surface area contributed by atoms with Crippen LogP contribution in [0.1, 0.15) is 27.0 Å². The highest BCUT2D eigenvalue weighted by Crippen LogP contribution is 2.31. The monoisotopic (exact) mass is 567 g/mol. The molecule has 32 heavy (non-hydrogen) atoms. The van der Waals surface area contributed by atoms with Gasteiger partial charge in [-0.15, -0.1) is 0 Å². The van der Waals surface area contributed by atoms with Crippen LogP contribution in [0.15, 0.2) is 54.6 Å². The molecule has 0 radical (unpaired) electrons. The van der Waals surface area contributed by atoms with Crippen LogP contribution in [0.4, 0.5) is 8.78 Å². The molecule has 0 spiro atoms. The summed E-state index contributed by atoms with van der Waals surface area (Å²) >= 11 is 3.44. The molecule has 0 saturated heterocycles. The highest BCUT2D eigenvalue weighted by molar-refractivity contribution is 14.1. The number of hydrogen-bond acceptors (Lipinski definition) is 4. The molecular weight excluding hydrogens is 547 g/mol. The van der Waals surface area contributed by atoms with Crippen LogP contribution in [0.3, 0.4) is 0 Å². The minimum atomic E-state index is -0.813. The molecule has 3 aromatic rings. The number of hydrogen-bond donors (Lipinski definition) is 1. The number of rotatable bonds is 9. The average Bonchev–Trinajstić information content (AvgIpc) is 2.70. The molecule has 3 rings (SSSR count). The van der Waals surface area contributed by atoms with Crippen molar-refractivity contribution in [3.05, 3.63) is 92.1 Å². The number of amides is 1. The predicted molar refractivity (Wildman–Crippen MR) is 130 cm³/mol. The molecule has 0 atom stereocenters. The first-order valence-electron chi connectivity index (χ1n) is 9.60. The van der Waals surface area contributed by atoms with Gasteiger partial charge in [0.2, 0.25) is 0 Å². The summed E-state index contributed by atoms with van der Waals surface area (Å²) in [5, 5.41) is 0. The van der Waals surface area contributed by atoms with Gasteiger partial charge in [-0.25, -0.2) is 8.78 Å². The molecule has 1 amide bonds. The number of ether oxygens (including phenoxy) is 1. The lowest BCUT2D eigenvalue weighted by Crippen LogP contribution is -2.16. The predicted octanol–water partition coefficient (Wildman–Crippen LogP) is 5.53. The molecule has 0 aliphatic heterocycles. The van der Waals surface area contributed by atoms with E-state index in [4.69, 9.17) is 10.5 Å². The van der Waals surface area contributed by atoms with Gasteiger partial charge in [-0.05, 0) is 75.9 Å². The Balaban J connectivity index is 1.95. The van der Waals surface area contributed by atoms with Gasteiger partial charge >= 0.3 is 0 Å². The number of carbonyl (C=O) groups is 2. The maximum atomic E-state index is 14.4. The second-order valence-corrected chi connectivity index (χ2v) is 9.22. The number of Topliss-reactive ketones (excluding diaryl/α,β-unsaturated/α-hetero) is 1. The highest BCUT2D eigenvalue weighted by Gasteiger charge is 2.20. The van der Waals surface area contributed by atoms with E-state index in [1.807, 2.05) is 28.8 Å². The van der Waals surface area contributed by atoms with Crippen molar-refractivity contribution >= 4 is 46.0 Å². The summed E-state index contributed by atoms with van der Waals surface area (Å²) in [5.41, 5.74) is 6.82. The van der Waals surface area contributed by atoms with Crippen molar-refractivity contribution in [2.45, 2.75) is 12.8 Å². The summed E-state index contributed by atoms with van der Waals surface area (Å²) in [6.45, 7) is 0. The van der Waals surface area contributed by atoms with E-state index in [-0.39, 0.29) is 35.5 Å². The Morgan fingerprint density at radius 3 is 2.53 bits per heavy atom. The van der Waals surface area contributed by atoms with E-state index in [0.717, 1.165) is 21.3 Å². The van der Waals surface area contributed by atoms with Crippen molar-refractivity contribution in [2.75, 3.05) is 12.0 Å². The molecule has 0 aliphatic rings. The van der Waals surface area contributed by atoms with E-state index in [1.165, 1.54) is 17.8 Å². The van der Waals surface area contributed by atoms with Gasteiger partial charge in [0.05, 0.1) is 11.3 Å². The number of thioether (sulfide) groups is 1. The van der Waals surface area contributed by atoms with Gasteiger partial charge in [0.1, 0.15) is 28.9 Å². The average molecular weight is 567 g/mol. The molecule has 166 valence electrons. The van der Waals surface area contributed by atoms with Gasteiger partial charge in [0.15, 0.2) is 0 Å². The van der Waals surface area contributed by atoms with E-state index < -0.39 is 17.5 Å². The van der Waals surface area contributed by atoms with Crippen molar-refractivity contribution in [1.29, 1.82) is 0 Å². The molecule has 8 heteroatoms. The van der Waals surface area contributed by atoms with Crippen LogP contribution in [0, 0.1) is 15.2 Å². The highest BCUT2D eigenvalue weighted by atomic mass is 127. The second kappa shape index (κ2) is 10.9. The van der Waals surface area contributed by atoms with Crippen LogP contribution in [0.25, 0.3) is 0 Å². The van der Waals surface area contributed by atoms with Crippen LogP contribution in [0.2, 0.25) is 0 Å². The molecule has 2 N–H and O–H groups in total. The Bertz CT molecular complexity index is 1170. The molecule has 0 saturated carbocycles. The fourth-order valence-electron chi connectivity index (χ4n) is 3.29. The van der Waals surface area contributed by atoms with Gasteiger partial charge in [0, 0.05) is 22.5 Å². The number of ketones is 1. The topological polar surface area (TPSA) is 69.4 Å². The Kier molecular flexibility index (Phi) is 8.25. The Labute approximate surface area is 202 Å². The van der Waals surface area contributed by atoms with Gasteiger partial charge < -0.3 is 10.5 Å². The molecular formula is C24H20F2INO3S. The maximum Gasteiger partial charge on any atom is 0.252 e. The lowest BCUT2D eigenvalue weighted by atomic mass is 9.98. The summed E-state index contributed by atoms with van der Waals surface area (Å²) in [5.74, 6) is -1.17. The van der Waals surface area contributed by atoms with Crippen LogP contribution in [-0.4, -0.2) is 23.7 Å². The zero-order chi connectivity index (χ0) is 23.3. The third kappa shape index (κ3) is 6.29. The van der Waals surface area contributed by atoms with E-state index in [2.05, 4.69) is 0 Å². The summed E-state index contributed by atoms with van der Waals surface area (Å²) < 4.78 is 35.3. The lowest BCUT2D eigenvalue weighted by Gasteiger charge is -2.15. The third-order valence-corrected chi connectivity index (χ3v) is 5.91. The number of benzene rings is 3. The van der Waals surface area contributed by atoms with Gasteiger partial charge in [0.25, 0.3) is 5.91 Å². The lowest BCUT2D eigenvalue weighted by molar-refractivity contribution is -0.116. The van der Waals surface area contributed by atoms with E-state index in [0.29, 0.717) is 17.1 Å². The molecule has 0 aromatic heterocycles. The first-order valence-corrected chi connectivity index (χ1v) is 12.1. The third-order valence-electron chi connectivity index (χ3n) is 4.62. The first kappa shape index (κ1) is 24.2. The van der Waals surface area contributed by atoms with Gasteiger partial charge in [-0.1, -0.05) is 18.2 Å². The zero-order valence-corrected chi connectivity index (χ0v) is 20.1. The largest absolute Gasteiger partial charge is 0.456 e. The Morgan fingerprint density at radius 2 is 1.84 bits per heavy atom. The molecule has 4 nitrogen and oxygen atoms in total. The minimum absolute atomic E-state index is 0.0202. The van der Waals surface area contributed by atoms with Gasteiger partial charge in [-0.3, -0.25) is 9.59 Å². The fourth-order valence-corrected chi connectivity index (χ4v) is 4.17. The van der Waals surface area contributed by atoms with Crippen molar-refractivity contribution in [1.82, 2.24) is 0 Å². The summed E-state index contributed by atoms with van der Waals surface area (Å²) in [7, 11) is 0. The van der Waals surface area contributed by atoms with Crippen molar-refractivity contribution in [3.63, 3.8) is 0 Å². The summed E-state index contributed by atoms with van der Waals surface area (Å²) in [6, 6.07) is 13.7. The molecule has 3 aromatic carbocycles. The number of carbonyl (C=O) groups excluding carboxylic acids is 2. The summed E-state index contributed by atoms with van der Waals surface area (Å²) in [6.07, 6.45) is 2.06. The standard InChI is InChI=1S/C24H20F2INO3S/c1-32-13-19(29)7-14-3-2-4-20(8-14)31-22-11-17(25)10-16(23(22)24(28)30)9-15-5-6-18(27)12-21(15)26/h2-6,8,10-12H,7,9,13H2,1H3,(H2,28,30). The molecule has 0 bridgehead atoms. The van der Waals surface area contributed by atoms with Crippen LogP contribution >= 0.6 is 34.4 Å². The van der Waals surface area contributed by atoms with Crippen molar-refractivity contribution < 1.29 is 23.1 Å². The van der Waals surface area contributed by atoms with E-state index >= 15 is 0 Å². The summed E-state index contributed by atoms with van der Waals surface area (Å²) in [4.78, 5) is 24.2. The Morgan fingerprint density at radius 1 is 1.06 bits per heavy atom. The zero-order valence-electron chi connectivity index (χ0n) is 17.2. The van der Waals surface area contributed by atoms with Crippen molar-refractivity contribution in [3.8, 4) is 11.5 Å². The van der Waals surface area contributed by atoms with Crippen molar-refractivity contribution in [2.24, 2.45) is 5.73 Å². The molecule has 0 fully saturated rings. The number of primary amides is 1. The maximum absolute atomic E-state index is 14.4. The smallest absolute Gasteiger partial charge is 0.252 e. The Hall–Kier alpha value is -2.46.